The summed E-state index contributed by atoms with van der Waals surface area (Å²) in [7, 11) is 2.24. The largest absolute Gasteiger partial charge is 0.496 e. The number of hydrogen-bond acceptors (Lipinski definition) is 5. The third kappa shape index (κ3) is 4.73. The van der Waals surface area contributed by atoms with E-state index in [0.29, 0.717) is 18.0 Å². The molecule has 4 nitrogen and oxygen atoms in total. The lowest BCUT2D eigenvalue weighted by molar-refractivity contribution is 0.265. The first kappa shape index (κ1) is 16.4. The molecule has 0 bridgehead atoms. The number of nitrogens with zero attached hydrogens (tertiary/aromatic N) is 1. The van der Waals surface area contributed by atoms with Crippen LogP contribution >= 0.6 is 11.8 Å². The van der Waals surface area contributed by atoms with Crippen molar-refractivity contribution in [1.29, 1.82) is 0 Å². The Labute approximate surface area is 119 Å². The Balaban J connectivity index is 2.88. The van der Waals surface area contributed by atoms with Crippen molar-refractivity contribution in [3.63, 3.8) is 0 Å². The highest BCUT2D eigenvalue weighted by atomic mass is 32.2. The van der Waals surface area contributed by atoms with Crippen LogP contribution in [-0.4, -0.2) is 54.3 Å². The van der Waals surface area contributed by atoms with E-state index in [1.54, 1.807) is 25.3 Å². The van der Waals surface area contributed by atoms with E-state index in [-0.39, 0.29) is 0 Å². The van der Waals surface area contributed by atoms with Crippen LogP contribution in [0.25, 0.3) is 0 Å². The van der Waals surface area contributed by atoms with E-state index in [1.165, 1.54) is 0 Å². The number of hydrogen-bond donors (Lipinski definition) is 2. The van der Waals surface area contributed by atoms with Gasteiger partial charge in [-0.25, -0.2) is 0 Å². The highest BCUT2D eigenvalue weighted by Gasteiger charge is 2.16. The average Bonchev–Trinajstić information content (AvgIpc) is 2.38. The molecule has 1 atom stereocenters. The van der Waals surface area contributed by atoms with E-state index < -0.39 is 7.12 Å². The monoisotopic (exact) mass is 283 g/mol. The minimum Gasteiger partial charge on any atom is -0.496 e. The normalized spacial score (nSPS) is 12.6. The molecule has 19 heavy (non-hydrogen) atoms. The maximum atomic E-state index is 9.24. The van der Waals surface area contributed by atoms with Crippen LogP contribution in [0.5, 0.6) is 5.75 Å². The highest BCUT2D eigenvalue weighted by molar-refractivity contribution is 7.98. The summed E-state index contributed by atoms with van der Waals surface area (Å²) in [6.45, 7) is 2.89. The van der Waals surface area contributed by atoms with Gasteiger partial charge in [0.2, 0.25) is 0 Å². The Morgan fingerprint density at radius 3 is 2.63 bits per heavy atom. The smallest absolute Gasteiger partial charge is 0.488 e. The summed E-state index contributed by atoms with van der Waals surface area (Å²) in [5.41, 5.74) is 1.45. The fraction of sp³-hybridized carbons (Fsp3) is 0.538. The minimum atomic E-state index is -1.45. The second kappa shape index (κ2) is 7.80. The van der Waals surface area contributed by atoms with E-state index in [4.69, 9.17) is 4.74 Å². The molecule has 2 N–H and O–H groups in total. The van der Waals surface area contributed by atoms with E-state index >= 15 is 0 Å². The summed E-state index contributed by atoms with van der Waals surface area (Å²) < 4.78 is 5.33. The summed E-state index contributed by atoms with van der Waals surface area (Å²) in [6, 6.07) is 5.67. The fourth-order valence-corrected chi connectivity index (χ4v) is 2.61. The zero-order valence-electron chi connectivity index (χ0n) is 12.0. The first-order valence-corrected chi connectivity index (χ1v) is 7.61. The zero-order valence-corrected chi connectivity index (χ0v) is 12.8. The van der Waals surface area contributed by atoms with Gasteiger partial charge in [-0.05, 0) is 31.8 Å². The van der Waals surface area contributed by atoms with Gasteiger partial charge >= 0.3 is 7.12 Å². The maximum absolute atomic E-state index is 9.24. The van der Waals surface area contributed by atoms with Crippen LogP contribution in [0.3, 0.4) is 0 Å². The van der Waals surface area contributed by atoms with Crippen molar-refractivity contribution in [3.8, 4) is 5.75 Å². The molecule has 0 aliphatic rings. The van der Waals surface area contributed by atoms with Crippen LogP contribution in [0.1, 0.15) is 12.5 Å². The number of benzene rings is 1. The number of ether oxygens (including phenoxy) is 1. The van der Waals surface area contributed by atoms with Gasteiger partial charge in [-0.15, -0.1) is 0 Å². The van der Waals surface area contributed by atoms with Crippen molar-refractivity contribution in [1.82, 2.24) is 4.90 Å². The van der Waals surface area contributed by atoms with Crippen molar-refractivity contribution in [2.75, 3.05) is 26.2 Å². The first-order valence-electron chi connectivity index (χ1n) is 6.21. The van der Waals surface area contributed by atoms with Gasteiger partial charge in [0.1, 0.15) is 5.75 Å². The Bertz CT molecular complexity index is 403. The van der Waals surface area contributed by atoms with Crippen LogP contribution in [0, 0.1) is 0 Å². The van der Waals surface area contributed by atoms with Crippen molar-refractivity contribution < 1.29 is 14.8 Å². The van der Waals surface area contributed by atoms with Gasteiger partial charge in [-0.2, -0.15) is 11.8 Å². The van der Waals surface area contributed by atoms with Crippen molar-refractivity contribution in [2.24, 2.45) is 0 Å². The van der Waals surface area contributed by atoms with Crippen LogP contribution in [0.4, 0.5) is 0 Å². The highest BCUT2D eigenvalue weighted by Crippen LogP contribution is 2.19. The summed E-state index contributed by atoms with van der Waals surface area (Å²) >= 11 is 1.81. The number of methoxy groups -OCH3 is 1. The molecular weight excluding hydrogens is 261 g/mol. The quantitative estimate of drug-likeness (QED) is 0.716. The second-order valence-corrected chi connectivity index (χ2v) is 5.58. The standard InChI is InChI=1S/C13H22BNO3S/c1-10(9-19-4)15(2)8-11-7-12(14(16)17)5-6-13(11)18-3/h5-7,10,16-17H,8-9H2,1-4H3. The van der Waals surface area contributed by atoms with Gasteiger partial charge in [-0.1, -0.05) is 12.1 Å². The molecule has 0 amide bonds. The number of thioether (sulfide) groups is 1. The lowest BCUT2D eigenvalue weighted by atomic mass is 9.79. The Hall–Kier alpha value is -0.685. The molecule has 0 saturated heterocycles. The Morgan fingerprint density at radius 1 is 1.42 bits per heavy atom. The molecule has 0 saturated carbocycles. The topological polar surface area (TPSA) is 52.9 Å². The SMILES string of the molecule is COc1ccc(B(O)O)cc1CN(C)C(C)CSC. The molecule has 0 aliphatic heterocycles. The van der Waals surface area contributed by atoms with Crippen LogP contribution in [0.2, 0.25) is 0 Å². The van der Waals surface area contributed by atoms with E-state index in [9.17, 15) is 10.0 Å². The molecule has 0 aliphatic carbocycles. The molecule has 1 unspecified atom stereocenters. The number of rotatable bonds is 7. The van der Waals surface area contributed by atoms with Crippen molar-refractivity contribution in [2.45, 2.75) is 19.5 Å². The van der Waals surface area contributed by atoms with Gasteiger partial charge in [-0.3, -0.25) is 4.90 Å². The lowest BCUT2D eigenvalue weighted by Crippen LogP contribution is -2.33. The predicted molar refractivity (Wildman–Crippen MR) is 82.1 cm³/mol. The summed E-state index contributed by atoms with van der Waals surface area (Å²) in [5.74, 6) is 1.83. The van der Waals surface area contributed by atoms with E-state index in [2.05, 4.69) is 25.1 Å². The van der Waals surface area contributed by atoms with Gasteiger partial charge in [0, 0.05) is 23.9 Å². The predicted octanol–water partition coefficient (Wildman–Crippen LogP) is 0.558. The summed E-state index contributed by atoms with van der Waals surface area (Å²) in [5, 5.41) is 18.5. The molecule has 1 aromatic rings. The van der Waals surface area contributed by atoms with Gasteiger partial charge in [0.25, 0.3) is 0 Å². The molecule has 0 heterocycles. The van der Waals surface area contributed by atoms with Gasteiger partial charge < -0.3 is 14.8 Å². The third-order valence-electron chi connectivity index (χ3n) is 3.18. The van der Waals surface area contributed by atoms with Crippen molar-refractivity contribution >= 4 is 24.3 Å². The second-order valence-electron chi connectivity index (χ2n) is 4.66. The first-order chi connectivity index (χ1) is 8.99. The summed E-state index contributed by atoms with van der Waals surface area (Å²) in [6.07, 6.45) is 2.09. The molecule has 0 fully saturated rings. The Morgan fingerprint density at radius 2 is 2.11 bits per heavy atom. The van der Waals surface area contributed by atoms with E-state index in [1.807, 2.05) is 11.8 Å². The molecule has 0 radical (unpaired) electrons. The molecule has 1 rings (SSSR count). The fourth-order valence-electron chi connectivity index (χ4n) is 1.88. The maximum Gasteiger partial charge on any atom is 0.488 e. The molecule has 106 valence electrons. The molecule has 0 aromatic heterocycles. The van der Waals surface area contributed by atoms with E-state index in [0.717, 1.165) is 17.1 Å². The third-order valence-corrected chi connectivity index (χ3v) is 4.00. The van der Waals surface area contributed by atoms with Gasteiger partial charge in [0.05, 0.1) is 7.11 Å². The molecular formula is C13H22BNO3S. The van der Waals surface area contributed by atoms with Crippen molar-refractivity contribution in [3.05, 3.63) is 23.8 Å². The lowest BCUT2D eigenvalue weighted by Gasteiger charge is -2.25. The van der Waals surface area contributed by atoms with Gasteiger partial charge in [0.15, 0.2) is 0 Å². The van der Waals surface area contributed by atoms with Crippen LogP contribution in [0.15, 0.2) is 18.2 Å². The summed E-state index contributed by atoms with van der Waals surface area (Å²) in [4.78, 5) is 2.22. The molecule has 6 heteroatoms. The van der Waals surface area contributed by atoms with Crippen LogP contribution < -0.4 is 10.2 Å². The zero-order chi connectivity index (χ0) is 14.4. The molecule has 1 aromatic carbocycles. The Kier molecular flexibility index (Phi) is 6.72. The molecule has 0 spiro atoms. The average molecular weight is 283 g/mol. The minimum absolute atomic E-state index is 0.447. The van der Waals surface area contributed by atoms with Crippen LogP contribution in [-0.2, 0) is 6.54 Å².